The summed E-state index contributed by atoms with van der Waals surface area (Å²) in [7, 11) is -4.45. The number of rotatable bonds is 6. The van der Waals surface area contributed by atoms with Gasteiger partial charge in [-0.25, -0.2) is 0 Å². The second-order valence-corrected chi connectivity index (χ2v) is 6.95. The van der Waals surface area contributed by atoms with E-state index in [2.05, 4.69) is 6.92 Å². The number of hydrogen-bond acceptors (Lipinski definition) is 3. The van der Waals surface area contributed by atoms with Gasteiger partial charge in [-0.05, 0) is 13.3 Å². The Hall–Kier alpha value is 0.0700. The van der Waals surface area contributed by atoms with Crippen LogP contribution in [0.15, 0.2) is 0 Å². The second-order valence-electron chi connectivity index (χ2n) is 5.27. The SMILES string of the molecule is CCCCCC(C)(C)C1(P(=O)(O)O)OC(C)O1. The van der Waals surface area contributed by atoms with E-state index in [-0.39, 0.29) is 0 Å². The summed E-state index contributed by atoms with van der Waals surface area (Å²) in [5, 5.41) is 0. The summed E-state index contributed by atoms with van der Waals surface area (Å²) in [6.45, 7) is 7.29. The first-order chi connectivity index (χ1) is 7.66. The molecule has 1 aliphatic heterocycles. The van der Waals surface area contributed by atoms with Gasteiger partial charge < -0.3 is 19.3 Å². The number of unbranched alkanes of at least 4 members (excludes halogenated alkanes) is 2. The van der Waals surface area contributed by atoms with Gasteiger partial charge in [0.05, 0.1) is 0 Å². The van der Waals surface area contributed by atoms with E-state index < -0.39 is 24.8 Å². The predicted molar refractivity (Wildman–Crippen MR) is 64.3 cm³/mol. The van der Waals surface area contributed by atoms with Crippen molar-refractivity contribution in [2.24, 2.45) is 5.41 Å². The standard InChI is InChI=1S/C11H23O5P/c1-5-6-7-8-10(3,4)11(17(12,13)14)15-9(2)16-11/h9H,5-8H2,1-4H3,(H2,12,13,14). The second kappa shape index (κ2) is 4.98. The average Bonchev–Trinajstić information content (AvgIpc) is 2.10. The maximum absolute atomic E-state index is 11.6. The predicted octanol–water partition coefficient (Wildman–Crippen LogP) is 2.82. The molecule has 1 aliphatic rings. The van der Waals surface area contributed by atoms with E-state index >= 15 is 0 Å². The Morgan fingerprint density at radius 2 is 1.82 bits per heavy atom. The van der Waals surface area contributed by atoms with Crippen LogP contribution in [0.4, 0.5) is 0 Å². The quantitative estimate of drug-likeness (QED) is 0.571. The Labute approximate surface area is 103 Å². The van der Waals surface area contributed by atoms with Crippen molar-refractivity contribution in [1.29, 1.82) is 0 Å². The molecule has 17 heavy (non-hydrogen) atoms. The highest BCUT2D eigenvalue weighted by Crippen LogP contribution is 2.66. The van der Waals surface area contributed by atoms with E-state index in [0.29, 0.717) is 6.42 Å². The molecule has 1 heterocycles. The fraction of sp³-hybridized carbons (Fsp3) is 1.00. The Bertz CT molecular complexity index is 303. The molecule has 5 nitrogen and oxygen atoms in total. The summed E-state index contributed by atoms with van der Waals surface area (Å²) in [6.07, 6.45) is 3.13. The molecule has 0 spiro atoms. The van der Waals surface area contributed by atoms with Gasteiger partial charge in [0.1, 0.15) is 0 Å². The Balaban J connectivity index is 2.81. The molecule has 0 saturated carbocycles. The van der Waals surface area contributed by atoms with E-state index in [4.69, 9.17) is 9.47 Å². The van der Waals surface area contributed by atoms with Gasteiger partial charge in [0.2, 0.25) is 0 Å². The molecule has 102 valence electrons. The smallest absolute Gasteiger partial charge is 0.321 e. The molecule has 1 fully saturated rings. The van der Waals surface area contributed by atoms with Crippen LogP contribution in [0.3, 0.4) is 0 Å². The molecule has 1 saturated heterocycles. The first-order valence-electron chi connectivity index (χ1n) is 6.07. The fourth-order valence-electron chi connectivity index (χ4n) is 2.28. The lowest BCUT2D eigenvalue weighted by Crippen LogP contribution is -2.60. The molecule has 0 bridgehead atoms. The van der Waals surface area contributed by atoms with Crippen molar-refractivity contribution >= 4 is 7.60 Å². The molecular weight excluding hydrogens is 243 g/mol. The molecule has 0 aromatic heterocycles. The number of hydrogen-bond donors (Lipinski definition) is 2. The molecule has 0 atom stereocenters. The summed E-state index contributed by atoms with van der Waals surface area (Å²) in [5.41, 5.74) is -2.46. The lowest BCUT2D eigenvalue weighted by Gasteiger charge is -2.54. The molecule has 0 amide bonds. The van der Waals surface area contributed by atoms with Gasteiger partial charge in [-0.15, -0.1) is 0 Å². The van der Waals surface area contributed by atoms with Gasteiger partial charge in [-0.2, -0.15) is 0 Å². The summed E-state index contributed by atoms with van der Waals surface area (Å²) in [6, 6.07) is 0. The third-order valence-corrected chi connectivity index (χ3v) is 4.88. The van der Waals surface area contributed by atoms with E-state index in [9.17, 15) is 14.4 Å². The van der Waals surface area contributed by atoms with Gasteiger partial charge >= 0.3 is 7.60 Å². The molecule has 6 heteroatoms. The van der Waals surface area contributed by atoms with Crippen molar-refractivity contribution in [2.45, 2.75) is 65.2 Å². The van der Waals surface area contributed by atoms with Crippen molar-refractivity contribution in [3.8, 4) is 0 Å². The van der Waals surface area contributed by atoms with Gasteiger partial charge in [0, 0.05) is 5.41 Å². The molecule has 0 radical (unpaired) electrons. The Morgan fingerprint density at radius 3 is 2.18 bits per heavy atom. The average molecular weight is 266 g/mol. The summed E-state index contributed by atoms with van der Waals surface area (Å²) >= 11 is 0. The highest BCUT2D eigenvalue weighted by atomic mass is 31.2. The largest absolute Gasteiger partial charge is 0.385 e. The van der Waals surface area contributed by atoms with Crippen molar-refractivity contribution in [1.82, 2.24) is 0 Å². The van der Waals surface area contributed by atoms with Crippen LogP contribution < -0.4 is 0 Å². The third-order valence-electron chi connectivity index (χ3n) is 3.30. The van der Waals surface area contributed by atoms with Gasteiger partial charge in [0.25, 0.3) is 5.53 Å². The molecule has 0 aromatic carbocycles. The van der Waals surface area contributed by atoms with E-state index in [0.717, 1.165) is 19.3 Å². The highest BCUT2D eigenvalue weighted by Gasteiger charge is 2.67. The molecular formula is C11H23O5P. The molecule has 0 aliphatic carbocycles. The monoisotopic (exact) mass is 266 g/mol. The topological polar surface area (TPSA) is 76.0 Å². The first kappa shape index (κ1) is 15.1. The third kappa shape index (κ3) is 2.74. The minimum atomic E-state index is -4.45. The summed E-state index contributed by atoms with van der Waals surface area (Å²) in [5.74, 6) is 0. The van der Waals surface area contributed by atoms with Crippen LogP contribution >= 0.6 is 7.60 Å². The molecule has 0 aromatic rings. The molecule has 0 unspecified atom stereocenters. The molecule has 2 N–H and O–H groups in total. The maximum Gasteiger partial charge on any atom is 0.385 e. The van der Waals surface area contributed by atoms with Gasteiger partial charge in [-0.3, -0.25) is 4.57 Å². The highest BCUT2D eigenvalue weighted by molar-refractivity contribution is 7.53. The van der Waals surface area contributed by atoms with Crippen LogP contribution in [0, 0.1) is 5.41 Å². The lowest BCUT2D eigenvalue weighted by molar-refractivity contribution is -0.441. The van der Waals surface area contributed by atoms with Crippen LogP contribution in [0.2, 0.25) is 0 Å². The zero-order valence-corrected chi connectivity index (χ0v) is 11.9. The fourth-order valence-corrected chi connectivity index (χ4v) is 3.76. The zero-order chi connectivity index (χ0) is 13.3. The lowest BCUT2D eigenvalue weighted by atomic mass is 9.85. The summed E-state index contributed by atoms with van der Waals surface area (Å²) in [4.78, 5) is 18.9. The van der Waals surface area contributed by atoms with E-state index in [1.165, 1.54) is 0 Å². The van der Waals surface area contributed by atoms with Crippen molar-refractivity contribution in [3.63, 3.8) is 0 Å². The van der Waals surface area contributed by atoms with Crippen LogP contribution in [-0.2, 0) is 14.0 Å². The van der Waals surface area contributed by atoms with Crippen molar-refractivity contribution in [3.05, 3.63) is 0 Å². The van der Waals surface area contributed by atoms with Gasteiger partial charge in [0.15, 0.2) is 6.29 Å². The first-order valence-corrected chi connectivity index (χ1v) is 7.69. The van der Waals surface area contributed by atoms with E-state index in [1.807, 2.05) is 0 Å². The summed E-state index contributed by atoms with van der Waals surface area (Å²) < 4.78 is 22.2. The minimum absolute atomic E-state index is 0.548. The Kier molecular flexibility index (Phi) is 4.43. The maximum atomic E-state index is 11.6. The Morgan fingerprint density at radius 1 is 1.29 bits per heavy atom. The van der Waals surface area contributed by atoms with Gasteiger partial charge in [-0.1, -0.05) is 40.0 Å². The van der Waals surface area contributed by atoms with Crippen LogP contribution in [0.5, 0.6) is 0 Å². The normalized spacial score (nSPS) is 30.1. The van der Waals surface area contributed by atoms with Crippen molar-refractivity contribution < 1.29 is 23.8 Å². The van der Waals surface area contributed by atoms with Crippen LogP contribution in [-0.4, -0.2) is 21.6 Å². The van der Waals surface area contributed by atoms with E-state index in [1.54, 1.807) is 20.8 Å². The van der Waals surface area contributed by atoms with Crippen LogP contribution in [0.1, 0.15) is 53.4 Å². The van der Waals surface area contributed by atoms with Crippen LogP contribution in [0.25, 0.3) is 0 Å². The number of ether oxygens (including phenoxy) is 2. The molecule has 1 rings (SSSR count). The zero-order valence-electron chi connectivity index (χ0n) is 11.0. The minimum Gasteiger partial charge on any atom is -0.321 e. The van der Waals surface area contributed by atoms with Crippen molar-refractivity contribution in [2.75, 3.05) is 0 Å².